The Morgan fingerprint density at radius 1 is 1.17 bits per heavy atom. The highest BCUT2D eigenvalue weighted by molar-refractivity contribution is 7.89. The average Bonchev–Trinajstić information content (AvgIpc) is 3.38. The lowest BCUT2D eigenvalue weighted by atomic mass is 10.1. The maximum atomic E-state index is 12.7. The first-order chi connectivity index (χ1) is 14.3. The van der Waals surface area contributed by atoms with Crippen LogP contribution in [0.2, 0.25) is 0 Å². The van der Waals surface area contributed by atoms with Crippen molar-refractivity contribution in [2.24, 2.45) is 5.14 Å². The molecule has 10 heteroatoms. The van der Waals surface area contributed by atoms with E-state index in [0.717, 1.165) is 10.4 Å². The quantitative estimate of drug-likeness (QED) is 0.364. The number of phenolic OH excluding ortho intramolecular Hbond substituents is 1. The smallest absolute Gasteiger partial charge is 0.253 e. The van der Waals surface area contributed by atoms with E-state index in [-0.39, 0.29) is 16.6 Å². The number of rotatable bonds is 6. The molecule has 0 radical (unpaired) electrons. The monoisotopic (exact) mass is 442 g/mol. The Bertz CT molecular complexity index is 1310. The number of hydrogen-bond donors (Lipinski definition) is 4. The first kappa shape index (κ1) is 20.1. The van der Waals surface area contributed by atoms with Gasteiger partial charge in [0.25, 0.3) is 5.91 Å². The van der Waals surface area contributed by atoms with Crippen molar-refractivity contribution in [3.8, 4) is 16.5 Å². The summed E-state index contributed by atoms with van der Waals surface area (Å²) in [6, 6.07) is 13.0. The van der Waals surface area contributed by atoms with Gasteiger partial charge in [-0.1, -0.05) is 18.2 Å². The number of amides is 1. The van der Waals surface area contributed by atoms with Crippen LogP contribution in [0.25, 0.3) is 21.7 Å². The highest BCUT2D eigenvalue weighted by atomic mass is 32.2. The van der Waals surface area contributed by atoms with Crippen molar-refractivity contribution in [1.82, 2.24) is 15.3 Å². The Balaban J connectivity index is 1.49. The van der Waals surface area contributed by atoms with Gasteiger partial charge in [-0.2, -0.15) is 0 Å². The van der Waals surface area contributed by atoms with E-state index in [4.69, 9.17) is 5.14 Å². The molecular weight excluding hydrogens is 424 g/mol. The normalized spacial score (nSPS) is 11.6. The summed E-state index contributed by atoms with van der Waals surface area (Å²) in [6.07, 6.45) is 0.513. The number of sulfonamides is 1. The molecule has 0 unspecified atom stereocenters. The molecule has 4 aromatic rings. The van der Waals surface area contributed by atoms with Crippen LogP contribution in [0.15, 0.2) is 58.8 Å². The molecule has 0 saturated heterocycles. The summed E-state index contributed by atoms with van der Waals surface area (Å²) in [4.78, 5) is 21.2. The second-order valence-corrected chi connectivity index (χ2v) is 9.12. The third kappa shape index (κ3) is 4.06. The van der Waals surface area contributed by atoms with Crippen LogP contribution in [0.4, 0.5) is 0 Å². The molecule has 1 amide bonds. The summed E-state index contributed by atoms with van der Waals surface area (Å²) in [5, 5.41) is 20.0. The number of nitrogens with two attached hydrogens (primary N) is 1. The van der Waals surface area contributed by atoms with Gasteiger partial charge in [-0.25, -0.2) is 18.5 Å². The molecule has 5 N–H and O–H groups in total. The van der Waals surface area contributed by atoms with Gasteiger partial charge in [0.15, 0.2) is 0 Å². The van der Waals surface area contributed by atoms with Gasteiger partial charge in [0.05, 0.1) is 15.3 Å². The summed E-state index contributed by atoms with van der Waals surface area (Å²) in [6.45, 7) is 0.345. The number of carbonyl (C=O) groups excluding carboxylic acids is 1. The fourth-order valence-electron chi connectivity index (χ4n) is 3.05. The van der Waals surface area contributed by atoms with Crippen LogP contribution < -0.4 is 10.5 Å². The molecule has 0 aliphatic carbocycles. The highest BCUT2D eigenvalue weighted by Crippen LogP contribution is 2.30. The number of nitrogens with zero attached hydrogens (tertiary/aromatic N) is 1. The van der Waals surface area contributed by atoms with E-state index in [0.29, 0.717) is 35.4 Å². The lowest BCUT2D eigenvalue weighted by Crippen LogP contribution is -2.26. The maximum Gasteiger partial charge on any atom is 0.253 e. The number of imidazole rings is 1. The number of benzene rings is 2. The molecule has 0 aliphatic heterocycles. The Kier molecular flexibility index (Phi) is 5.29. The molecule has 154 valence electrons. The number of hydrogen-bond acceptors (Lipinski definition) is 6. The molecular formula is C20H18N4O4S2. The van der Waals surface area contributed by atoms with Gasteiger partial charge in [-0.15, -0.1) is 11.3 Å². The molecule has 8 nitrogen and oxygen atoms in total. The topological polar surface area (TPSA) is 138 Å². The Morgan fingerprint density at radius 3 is 2.60 bits per heavy atom. The number of aromatic hydroxyl groups is 1. The molecule has 30 heavy (non-hydrogen) atoms. The molecule has 0 fully saturated rings. The van der Waals surface area contributed by atoms with Crippen molar-refractivity contribution < 1.29 is 18.3 Å². The van der Waals surface area contributed by atoms with Crippen LogP contribution in [-0.2, 0) is 16.4 Å². The largest absolute Gasteiger partial charge is 0.506 e. The number of primary sulfonamides is 1. The Labute approximate surface area is 176 Å². The number of aromatic amines is 1. The fraction of sp³-hybridized carbons (Fsp3) is 0.100. The SMILES string of the molecule is NS(=O)(=O)c1ccc(CCNC(=O)c2ccc(O)c3[nH]c(-c4cccs4)nc23)cc1. The summed E-state index contributed by atoms with van der Waals surface area (Å²) in [5.74, 6) is 0.294. The molecule has 0 bridgehead atoms. The standard InChI is InChI=1S/C20H18N4O4S2/c21-30(27,28)13-5-3-12(4-6-13)9-10-22-20(26)14-7-8-15(25)18-17(14)23-19(24-18)16-2-1-11-29-16/h1-8,11,25H,9-10H2,(H,22,26)(H,23,24)(H2,21,27,28). The second-order valence-electron chi connectivity index (χ2n) is 6.61. The number of H-pyrrole nitrogens is 1. The van der Waals surface area contributed by atoms with Crippen LogP contribution in [0.3, 0.4) is 0 Å². The van der Waals surface area contributed by atoms with Crippen LogP contribution in [0, 0.1) is 0 Å². The number of nitrogens with one attached hydrogen (secondary N) is 2. The van der Waals surface area contributed by atoms with Gasteiger partial charge in [0.1, 0.15) is 22.6 Å². The van der Waals surface area contributed by atoms with Crippen LogP contribution >= 0.6 is 11.3 Å². The number of thiophene rings is 1. The lowest BCUT2D eigenvalue weighted by Gasteiger charge is -2.07. The van der Waals surface area contributed by atoms with Crippen molar-refractivity contribution in [1.29, 1.82) is 0 Å². The Hall–Kier alpha value is -3.21. The number of phenols is 1. The molecule has 0 aliphatic rings. The van der Waals surface area contributed by atoms with Gasteiger partial charge in [0, 0.05) is 6.54 Å². The number of carbonyl (C=O) groups is 1. The summed E-state index contributed by atoms with van der Waals surface area (Å²) < 4.78 is 22.6. The zero-order valence-electron chi connectivity index (χ0n) is 15.6. The molecule has 0 atom stereocenters. The summed E-state index contributed by atoms with van der Waals surface area (Å²) in [7, 11) is -3.73. The van der Waals surface area contributed by atoms with Crippen molar-refractivity contribution in [3.05, 3.63) is 65.0 Å². The second kappa shape index (κ2) is 7.90. The lowest BCUT2D eigenvalue weighted by molar-refractivity contribution is 0.0955. The summed E-state index contributed by atoms with van der Waals surface area (Å²) >= 11 is 1.50. The highest BCUT2D eigenvalue weighted by Gasteiger charge is 2.17. The number of aromatic nitrogens is 2. The maximum absolute atomic E-state index is 12.7. The molecule has 4 rings (SSSR count). The third-order valence-corrected chi connectivity index (χ3v) is 6.38. The van der Waals surface area contributed by atoms with Gasteiger partial charge in [0.2, 0.25) is 10.0 Å². The fourth-order valence-corrected chi connectivity index (χ4v) is 4.24. The van der Waals surface area contributed by atoms with Gasteiger partial charge >= 0.3 is 0 Å². The van der Waals surface area contributed by atoms with E-state index in [9.17, 15) is 18.3 Å². The third-order valence-electron chi connectivity index (χ3n) is 4.57. The van der Waals surface area contributed by atoms with E-state index < -0.39 is 10.0 Å². The van der Waals surface area contributed by atoms with Crippen molar-refractivity contribution >= 4 is 38.3 Å². The molecule has 2 heterocycles. The van der Waals surface area contributed by atoms with Crippen molar-refractivity contribution in [3.63, 3.8) is 0 Å². The van der Waals surface area contributed by atoms with E-state index in [1.807, 2.05) is 17.5 Å². The minimum absolute atomic E-state index is 0.0202. The van der Waals surface area contributed by atoms with Crippen molar-refractivity contribution in [2.75, 3.05) is 6.54 Å². The van der Waals surface area contributed by atoms with E-state index in [1.54, 1.807) is 12.1 Å². The zero-order valence-corrected chi connectivity index (χ0v) is 17.3. The van der Waals surface area contributed by atoms with Crippen molar-refractivity contribution in [2.45, 2.75) is 11.3 Å². The minimum Gasteiger partial charge on any atom is -0.506 e. The van der Waals surface area contributed by atoms with Crippen LogP contribution in [0.5, 0.6) is 5.75 Å². The van der Waals surface area contributed by atoms with Gasteiger partial charge < -0.3 is 15.4 Å². The van der Waals surface area contributed by atoms with E-state index in [1.165, 1.54) is 35.6 Å². The predicted octanol–water partition coefficient (Wildman–Crippen LogP) is 2.62. The zero-order chi connectivity index (χ0) is 21.3. The van der Waals surface area contributed by atoms with Crippen LogP contribution in [0.1, 0.15) is 15.9 Å². The Morgan fingerprint density at radius 2 is 1.93 bits per heavy atom. The minimum atomic E-state index is -3.73. The van der Waals surface area contributed by atoms with Crippen LogP contribution in [-0.4, -0.2) is 35.9 Å². The van der Waals surface area contributed by atoms with Gasteiger partial charge in [-0.05, 0) is 47.7 Å². The summed E-state index contributed by atoms with van der Waals surface area (Å²) in [5.41, 5.74) is 2.02. The molecule has 0 saturated carbocycles. The first-order valence-corrected chi connectivity index (χ1v) is 11.4. The van der Waals surface area contributed by atoms with E-state index >= 15 is 0 Å². The average molecular weight is 443 g/mol. The number of fused-ring (bicyclic) bond motifs is 1. The molecule has 2 aromatic heterocycles. The van der Waals surface area contributed by atoms with E-state index in [2.05, 4.69) is 15.3 Å². The van der Waals surface area contributed by atoms with Gasteiger partial charge in [-0.3, -0.25) is 4.79 Å². The molecule has 0 spiro atoms. The predicted molar refractivity (Wildman–Crippen MR) is 115 cm³/mol. The molecule has 2 aromatic carbocycles. The first-order valence-electron chi connectivity index (χ1n) is 8.98.